The van der Waals surface area contributed by atoms with E-state index in [1.807, 2.05) is 48.5 Å². The molecule has 0 saturated carbocycles. The molecule has 0 amide bonds. The van der Waals surface area contributed by atoms with E-state index in [4.69, 9.17) is 4.42 Å². The van der Waals surface area contributed by atoms with Crippen LogP contribution < -0.4 is 10.5 Å². The molecule has 0 atom stereocenters. The zero-order valence-corrected chi connectivity index (χ0v) is 18.1. The zero-order chi connectivity index (χ0) is 21.8. The number of rotatable bonds is 6. The lowest BCUT2D eigenvalue weighted by Crippen LogP contribution is -2.21. The minimum Gasteiger partial charge on any atom is -0.422 e. The summed E-state index contributed by atoms with van der Waals surface area (Å²) in [5.74, 6) is 0. The van der Waals surface area contributed by atoms with Gasteiger partial charge in [0.1, 0.15) is 16.7 Å². The Morgan fingerprint density at radius 2 is 1.94 bits per heavy atom. The predicted octanol–water partition coefficient (Wildman–Crippen LogP) is 5.83. The summed E-state index contributed by atoms with van der Waals surface area (Å²) in [5, 5.41) is 12.8. The second-order valence-corrected chi connectivity index (χ2v) is 7.82. The molecule has 0 saturated heterocycles. The van der Waals surface area contributed by atoms with Crippen molar-refractivity contribution in [3.05, 3.63) is 81.0 Å². The molecule has 5 nitrogen and oxygen atoms in total. The van der Waals surface area contributed by atoms with E-state index in [1.54, 1.807) is 17.5 Å². The van der Waals surface area contributed by atoms with Crippen LogP contribution in [0.15, 0.2) is 69.2 Å². The van der Waals surface area contributed by atoms with Gasteiger partial charge in [0.2, 0.25) is 0 Å². The second-order valence-electron chi connectivity index (χ2n) is 6.96. The summed E-state index contributed by atoms with van der Waals surface area (Å²) >= 11 is 1.33. The van der Waals surface area contributed by atoms with E-state index in [0.717, 1.165) is 29.7 Å². The number of anilines is 1. The molecule has 0 unspecified atom stereocenters. The van der Waals surface area contributed by atoms with Crippen LogP contribution in [0.4, 0.5) is 5.69 Å². The number of benzene rings is 2. The zero-order valence-electron chi connectivity index (χ0n) is 17.3. The third-order valence-electron chi connectivity index (χ3n) is 5.09. The van der Waals surface area contributed by atoms with E-state index < -0.39 is 5.63 Å². The first-order chi connectivity index (χ1) is 15.1. The molecule has 0 radical (unpaired) electrons. The van der Waals surface area contributed by atoms with Crippen molar-refractivity contribution < 1.29 is 4.42 Å². The lowest BCUT2D eigenvalue weighted by molar-refractivity contribution is 0.563. The van der Waals surface area contributed by atoms with E-state index in [-0.39, 0.29) is 0 Å². The molecule has 31 heavy (non-hydrogen) atoms. The Balaban J connectivity index is 1.71. The first-order valence-electron chi connectivity index (χ1n) is 10.1. The molecular formula is C25H21N3O2S. The lowest BCUT2D eigenvalue weighted by Gasteiger charge is -2.20. The summed E-state index contributed by atoms with van der Waals surface area (Å²) < 4.78 is 5.62. The van der Waals surface area contributed by atoms with Crippen LogP contribution in [-0.4, -0.2) is 18.1 Å². The molecule has 0 aliphatic carbocycles. The van der Waals surface area contributed by atoms with E-state index >= 15 is 0 Å². The molecule has 0 aliphatic heterocycles. The minimum atomic E-state index is -0.438. The smallest absolute Gasteiger partial charge is 0.345 e. The standard InChI is InChI=1S/C25H21N3O2S/c1-3-28(4-2)20-11-10-18-13-21(25(29)30-23(18)14-20)22-16-31-24(27-22)19(15-26)12-17-8-6-5-7-9-17/h5-14,16H,3-4H2,1-2H3/b19-12-. The first-order valence-corrected chi connectivity index (χ1v) is 11.0. The van der Waals surface area contributed by atoms with Crippen molar-refractivity contribution in [2.24, 2.45) is 0 Å². The Kier molecular flexibility index (Phi) is 5.96. The molecule has 2 aromatic heterocycles. The Labute approximate surface area is 184 Å². The van der Waals surface area contributed by atoms with Crippen molar-refractivity contribution in [1.29, 1.82) is 5.26 Å². The molecule has 2 heterocycles. The summed E-state index contributed by atoms with van der Waals surface area (Å²) in [4.78, 5) is 19.4. The number of thiazole rings is 1. The number of allylic oxidation sites excluding steroid dienone is 1. The number of fused-ring (bicyclic) bond motifs is 1. The third kappa shape index (κ3) is 4.27. The van der Waals surface area contributed by atoms with Gasteiger partial charge in [-0.3, -0.25) is 0 Å². The summed E-state index contributed by atoms with van der Waals surface area (Å²) in [6.45, 7) is 5.94. The van der Waals surface area contributed by atoms with Gasteiger partial charge in [-0.15, -0.1) is 11.3 Å². The van der Waals surface area contributed by atoms with Gasteiger partial charge in [0, 0.05) is 35.6 Å². The van der Waals surface area contributed by atoms with Crippen molar-refractivity contribution in [1.82, 2.24) is 4.98 Å². The fraction of sp³-hybridized carbons (Fsp3) is 0.160. The molecule has 0 aliphatic rings. The molecule has 0 bridgehead atoms. The van der Waals surface area contributed by atoms with Crippen LogP contribution in [0.3, 0.4) is 0 Å². The van der Waals surface area contributed by atoms with E-state index in [1.165, 1.54) is 11.3 Å². The van der Waals surface area contributed by atoms with E-state index in [2.05, 4.69) is 29.8 Å². The number of hydrogen-bond donors (Lipinski definition) is 0. The van der Waals surface area contributed by atoms with Gasteiger partial charge in [-0.25, -0.2) is 9.78 Å². The van der Waals surface area contributed by atoms with Crippen LogP contribution in [0.5, 0.6) is 0 Å². The minimum absolute atomic E-state index is 0.391. The van der Waals surface area contributed by atoms with Gasteiger partial charge >= 0.3 is 5.63 Å². The average molecular weight is 428 g/mol. The second kappa shape index (κ2) is 8.99. The number of hydrogen-bond acceptors (Lipinski definition) is 6. The average Bonchev–Trinajstić information content (AvgIpc) is 3.28. The summed E-state index contributed by atoms with van der Waals surface area (Å²) in [6.07, 6.45) is 1.79. The summed E-state index contributed by atoms with van der Waals surface area (Å²) in [6, 6.07) is 19.5. The van der Waals surface area contributed by atoms with Crippen molar-refractivity contribution in [3.63, 3.8) is 0 Å². The highest BCUT2D eigenvalue weighted by atomic mass is 32.1. The maximum absolute atomic E-state index is 12.7. The normalized spacial score (nSPS) is 11.5. The van der Waals surface area contributed by atoms with Crippen LogP contribution in [0, 0.1) is 11.3 Å². The van der Waals surface area contributed by atoms with Crippen LogP contribution in [0.1, 0.15) is 24.4 Å². The molecule has 4 aromatic rings. The maximum Gasteiger partial charge on any atom is 0.345 e. The maximum atomic E-state index is 12.7. The quantitative estimate of drug-likeness (QED) is 0.286. The Morgan fingerprint density at radius 3 is 2.65 bits per heavy atom. The van der Waals surface area contributed by atoms with Crippen molar-refractivity contribution in [2.45, 2.75) is 13.8 Å². The molecule has 0 N–H and O–H groups in total. The van der Waals surface area contributed by atoms with E-state index in [0.29, 0.717) is 27.4 Å². The number of nitrogens with zero attached hydrogens (tertiary/aromatic N) is 3. The fourth-order valence-corrected chi connectivity index (χ4v) is 4.23. The highest BCUT2D eigenvalue weighted by molar-refractivity contribution is 7.11. The Hall–Kier alpha value is -3.69. The molecule has 4 rings (SSSR count). The van der Waals surface area contributed by atoms with Crippen LogP contribution in [-0.2, 0) is 0 Å². The molecule has 2 aromatic carbocycles. The van der Waals surface area contributed by atoms with Crippen LogP contribution in [0.25, 0.3) is 33.9 Å². The highest BCUT2D eigenvalue weighted by Crippen LogP contribution is 2.28. The number of aromatic nitrogens is 1. The van der Waals surface area contributed by atoms with Gasteiger partial charge < -0.3 is 9.32 Å². The Morgan fingerprint density at radius 1 is 1.16 bits per heavy atom. The van der Waals surface area contributed by atoms with E-state index in [9.17, 15) is 10.1 Å². The summed E-state index contributed by atoms with van der Waals surface area (Å²) in [5.41, 5.74) is 3.41. The van der Waals surface area contributed by atoms with Gasteiger partial charge in [0.25, 0.3) is 0 Å². The third-order valence-corrected chi connectivity index (χ3v) is 5.97. The Bertz CT molecular complexity index is 1340. The lowest BCUT2D eigenvalue weighted by atomic mass is 10.1. The van der Waals surface area contributed by atoms with Gasteiger partial charge in [-0.2, -0.15) is 5.26 Å². The molecular weight excluding hydrogens is 406 g/mol. The molecule has 0 spiro atoms. The first kappa shape index (κ1) is 20.6. The fourth-order valence-electron chi connectivity index (χ4n) is 3.44. The highest BCUT2D eigenvalue weighted by Gasteiger charge is 2.14. The predicted molar refractivity (Wildman–Crippen MR) is 127 cm³/mol. The van der Waals surface area contributed by atoms with Gasteiger partial charge in [-0.05, 0) is 43.7 Å². The van der Waals surface area contributed by atoms with Crippen LogP contribution >= 0.6 is 11.3 Å². The SMILES string of the molecule is CCN(CC)c1ccc2cc(-c3csc(/C(C#N)=C\c4ccccc4)n3)c(=O)oc2c1. The van der Waals surface area contributed by atoms with Crippen molar-refractivity contribution >= 4 is 39.6 Å². The molecule has 154 valence electrons. The van der Waals surface area contributed by atoms with Crippen molar-refractivity contribution in [3.8, 4) is 17.3 Å². The molecule has 0 fully saturated rings. The van der Waals surface area contributed by atoms with Crippen LogP contribution in [0.2, 0.25) is 0 Å². The largest absolute Gasteiger partial charge is 0.422 e. The summed E-state index contributed by atoms with van der Waals surface area (Å²) in [7, 11) is 0. The number of nitriles is 1. The molecule has 6 heteroatoms. The van der Waals surface area contributed by atoms with Crippen molar-refractivity contribution in [2.75, 3.05) is 18.0 Å². The van der Waals surface area contributed by atoms with Gasteiger partial charge in [0.05, 0.1) is 16.8 Å². The topological polar surface area (TPSA) is 70.1 Å². The van der Waals surface area contributed by atoms with Gasteiger partial charge in [0.15, 0.2) is 0 Å². The van der Waals surface area contributed by atoms with Gasteiger partial charge in [-0.1, -0.05) is 30.3 Å². The monoisotopic (exact) mass is 427 g/mol.